The molecule has 0 aromatic heterocycles. The summed E-state index contributed by atoms with van der Waals surface area (Å²) in [6, 6.07) is 12.5. The third-order valence-electron chi connectivity index (χ3n) is 3.52. The second kappa shape index (κ2) is 7.43. The molecule has 0 aliphatic rings. The zero-order chi connectivity index (χ0) is 18.6. The highest BCUT2D eigenvalue weighted by Gasteiger charge is 2.14. The Hall–Kier alpha value is -2.74. The second-order valence-electron chi connectivity index (χ2n) is 5.86. The summed E-state index contributed by atoms with van der Waals surface area (Å²) in [6.45, 7) is 0.228. The summed E-state index contributed by atoms with van der Waals surface area (Å²) in [4.78, 5) is 24.2. The van der Waals surface area contributed by atoms with Gasteiger partial charge < -0.3 is 4.90 Å². The molecule has 8 heteroatoms. The Morgan fingerprint density at radius 1 is 1.12 bits per heavy atom. The molecule has 2 aromatic rings. The van der Waals surface area contributed by atoms with Crippen molar-refractivity contribution in [3.8, 4) is 0 Å². The van der Waals surface area contributed by atoms with Gasteiger partial charge in [0.25, 0.3) is 11.6 Å². The second-order valence-corrected chi connectivity index (χ2v) is 8.00. The van der Waals surface area contributed by atoms with E-state index in [1.165, 1.54) is 17.0 Å². The van der Waals surface area contributed by atoms with Gasteiger partial charge in [-0.3, -0.25) is 14.9 Å². The van der Waals surface area contributed by atoms with Crippen LogP contribution in [0, 0.1) is 10.1 Å². The lowest BCUT2D eigenvalue weighted by Gasteiger charge is -2.17. The molecule has 132 valence electrons. The van der Waals surface area contributed by atoms with Crippen molar-refractivity contribution in [1.82, 2.24) is 4.90 Å². The van der Waals surface area contributed by atoms with Crippen molar-refractivity contribution in [2.75, 3.05) is 13.3 Å². The van der Waals surface area contributed by atoms with Gasteiger partial charge in [0.1, 0.15) is 0 Å². The lowest BCUT2D eigenvalue weighted by molar-refractivity contribution is -0.384. The molecule has 0 N–H and O–H groups in total. The van der Waals surface area contributed by atoms with E-state index in [9.17, 15) is 23.3 Å². The molecule has 25 heavy (non-hydrogen) atoms. The summed E-state index contributed by atoms with van der Waals surface area (Å²) in [5.41, 5.74) is 1.66. The van der Waals surface area contributed by atoms with E-state index in [4.69, 9.17) is 0 Å². The SMILES string of the molecule is CN(Cc1cccc([N+](=O)[O-])c1)C(=O)c1ccc(CS(C)(=O)=O)cc1. The fraction of sp³-hybridized carbons (Fsp3) is 0.235. The average molecular weight is 362 g/mol. The zero-order valence-corrected chi connectivity index (χ0v) is 14.7. The minimum absolute atomic E-state index is 0.0246. The van der Waals surface area contributed by atoms with Gasteiger partial charge in [-0.1, -0.05) is 24.3 Å². The first-order valence-corrected chi connectivity index (χ1v) is 9.47. The van der Waals surface area contributed by atoms with Crippen molar-refractivity contribution < 1.29 is 18.1 Å². The molecule has 2 rings (SSSR count). The molecule has 1 amide bonds. The Balaban J connectivity index is 2.09. The molecule has 0 unspecified atom stereocenters. The van der Waals surface area contributed by atoms with Crippen molar-refractivity contribution in [1.29, 1.82) is 0 Å². The maximum absolute atomic E-state index is 12.4. The van der Waals surface area contributed by atoms with Gasteiger partial charge in [-0.25, -0.2) is 8.42 Å². The average Bonchev–Trinajstić information content (AvgIpc) is 2.53. The van der Waals surface area contributed by atoms with Crippen molar-refractivity contribution in [2.45, 2.75) is 12.3 Å². The molecule has 0 radical (unpaired) electrons. The maximum atomic E-state index is 12.4. The van der Waals surface area contributed by atoms with E-state index in [0.29, 0.717) is 16.7 Å². The highest BCUT2D eigenvalue weighted by molar-refractivity contribution is 7.89. The molecular formula is C17H18N2O5S. The molecule has 0 aliphatic carbocycles. The van der Waals surface area contributed by atoms with E-state index in [-0.39, 0.29) is 23.9 Å². The molecule has 0 spiro atoms. The smallest absolute Gasteiger partial charge is 0.269 e. The van der Waals surface area contributed by atoms with Crippen LogP contribution in [-0.4, -0.2) is 37.5 Å². The zero-order valence-electron chi connectivity index (χ0n) is 13.9. The topological polar surface area (TPSA) is 97.6 Å². The lowest BCUT2D eigenvalue weighted by atomic mass is 10.1. The number of hydrogen-bond donors (Lipinski definition) is 0. The molecular weight excluding hydrogens is 344 g/mol. The Labute approximate surface area is 146 Å². The lowest BCUT2D eigenvalue weighted by Crippen LogP contribution is -2.26. The number of sulfone groups is 1. The molecule has 0 aliphatic heterocycles. The standard InChI is InChI=1S/C17H18N2O5S/c1-18(11-14-4-3-5-16(10-14)19(21)22)17(20)15-8-6-13(7-9-15)12-25(2,23)24/h3-10H,11-12H2,1-2H3. The van der Waals surface area contributed by atoms with Crippen LogP contribution in [0.5, 0.6) is 0 Å². The Morgan fingerprint density at radius 3 is 2.32 bits per heavy atom. The first-order valence-electron chi connectivity index (χ1n) is 7.41. The van der Waals surface area contributed by atoms with E-state index in [2.05, 4.69) is 0 Å². The van der Waals surface area contributed by atoms with Crippen LogP contribution < -0.4 is 0 Å². The van der Waals surface area contributed by atoms with Crippen molar-refractivity contribution >= 4 is 21.4 Å². The fourth-order valence-electron chi connectivity index (χ4n) is 2.38. The van der Waals surface area contributed by atoms with Gasteiger partial charge in [0, 0.05) is 37.5 Å². The minimum Gasteiger partial charge on any atom is -0.337 e. The third kappa shape index (κ3) is 5.39. The Kier molecular flexibility index (Phi) is 5.53. The molecule has 0 atom stereocenters. The quantitative estimate of drug-likeness (QED) is 0.580. The first kappa shape index (κ1) is 18.6. The van der Waals surface area contributed by atoms with Crippen LogP contribution in [0.15, 0.2) is 48.5 Å². The van der Waals surface area contributed by atoms with Gasteiger partial charge >= 0.3 is 0 Å². The predicted molar refractivity (Wildman–Crippen MR) is 93.9 cm³/mol. The number of amides is 1. The largest absolute Gasteiger partial charge is 0.337 e. The summed E-state index contributed by atoms with van der Waals surface area (Å²) >= 11 is 0. The van der Waals surface area contributed by atoms with Crippen molar-refractivity contribution in [2.24, 2.45) is 0 Å². The van der Waals surface area contributed by atoms with E-state index in [1.54, 1.807) is 43.4 Å². The molecule has 0 saturated carbocycles. The van der Waals surface area contributed by atoms with E-state index < -0.39 is 14.8 Å². The number of nitro groups is 1. The Bertz CT molecular complexity index is 892. The van der Waals surface area contributed by atoms with Crippen LogP contribution in [0.3, 0.4) is 0 Å². The summed E-state index contributed by atoms with van der Waals surface area (Å²) in [6.07, 6.45) is 1.15. The van der Waals surface area contributed by atoms with E-state index >= 15 is 0 Å². The van der Waals surface area contributed by atoms with Crippen LogP contribution in [-0.2, 0) is 22.1 Å². The van der Waals surface area contributed by atoms with E-state index in [1.807, 2.05) is 0 Å². The van der Waals surface area contributed by atoms with Gasteiger partial charge in [0.15, 0.2) is 9.84 Å². The van der Waals surface area contributed by atoms with Gasteiger partial charge in [-0.15, -0.1) is 0 Å². The van der Waals surface area contributed by atoms with Crippen LogP contribution in [0.4, 0.5) is 5.69 Å². The molecule has 0 heterocycles. The number of carbonyl (C=O) groups excluding carboxylic acids is 1. The summed E-state index contributed by atoms with van der Waals surface area (Å²) in [5.74, 6) is -0.331. The minimum atomic E-state index is -3.13. The van der Waals surface area contributed by atoms with Gasteiger partial charge in [-0.2, -0.15) is 0 Å². The normalized spacial score (nSPS) is 11.1. The van der Waals surface area contributed by atoms with Crippen LogP contribution in [0.2, 0.25) is 0 Å². The molecule has 2 aromatic carbocycles. The van der Waals surface area contributed by atoms with Gasteiger partial charge in [0.2, 0.25) is 0 Å². The number of nitrogens with zero attached hydrogens (tertiary/aromatic N) is 2. The van der Waals surface area contributed by atoms with Gasteiger partial charge in [-0.05, 0) is 23.3 Å². The van der Waals surface area contributed by atoms with E-state index in [0.717, 1.165) is 6.26 Å². The fourth-order valence-corrected chi connectivity index (χ4v) is 3.18. The molecule has 0 fully saturated rings. The molecule has 0 bridgehead atoms. The number of nitro benzene ring substituents is 1. The summed E-state index contributed by atoms with van der Waals surface area (Å²) < 4.78 is 22.6. The number of non-ortho nitro benzene ring substituents is 1. The highest BCUT2D eigenvalue weighted by atomic mass is 32.2. The summed E-state index contributed by atoms with van der Waals surface area (Å²) in [5, 5.41) is 10.8. The monoisotopic (exact) mass is 362 g/mol. The number of benzene rings is 2. The predicted octanol–water partition coefficient (Wildman–Crippen LogP) is 2.41. The van der Waals surface area contributed by atoms with Crippen LogP contribution in [0.25, 0.3) is 0 Å². The number of hydrogen-bond acceptors (Lipinski definition) is 5. The number of carbonyl (C=O) groups is 1. The summed E-state index contributed by atoms with van der Waals surface area (Å²) in [7, 11) is -1.53. The highest BCUT2D eigenvalue weighted by Crippen LogP contribution is 2.16. The maximum Gasteiger partial charge on any atom is 0.269 e. The number of rotatable bonds is 6. The first-order chi connectivity index (χ1) is 11.7. The van der Waals surface area contributed by atoms with Crippen molar-refractivity contribution in [3.63, 3.8) is 0 Å². The van der Waals surface area contributed by atoms with Crippen LogP contribution in [0.1, 0.15) is 21.5 Å². The van der Waals surface area contributed by atoms with Crippen LogP contribution >= 0.6 is 0 Å². The third-order valence-corrected chi connectivity index (χ3v) is 4.38. The molecule has 7 nitrogen and oxygen atoms in total. The van der Waals surface area contributed by atoms with Gasteiger partial charge in [0.05, 0.1) is 10.7 Å². The molecule has 0 saturated heterocycles. The van der Waals surface area contributed by atoms with Crippen molar-refractivity contribution in [3.05, 3.63) is 75.3 Å². The Morgan fingerprint density at radius 2 is 1.76 bits per heavy atom.